The van der Waals surface area contributed by atoms with Crippen LogP contribution in [0.4, 0.5) is 13.9 Å². The molecule has 1 fully saturated rings. The Kier molecular flexibility index (Phi) is 5.27. The van der Waals surface area contributed by atoms with E-state index in [1.54, 1.807) is 0 Å². The van der Waals surface area contributed by atoms with Crippen LogP contribution < -0.4 is 10.6 Å². The van der Waals surface area contributed by atoms with Gasteiger partial charge in [0.1, 0.15) is 0 Å². The molecule has 1 aromatic rings. The number of halogens is 2. The first kappa shape index (κ1) is 16.3. The number of carbonyl (C=O) groups is 1. The predicted octanol–water partition coefficient (Wildman–Crippen LogP) is 3.58. The molecule has 0 aromatic carbocycles. The molecule has 1 aliphatic rings. The van der Waals surface area contributed by atoms with Crippen LogP contribution in [-0.4, -0.2) is 23.4 Å². The highest BCUT2D eigenvalue weighted by Gasteiger charge is 2.37. The molecular weight excluding hydrogens is 296 g/mol. The number of thiazole rings is 1. The van der Waals surface area contributed by atoms with Crippen LogP contribution in [0.3, 0.4) is 0 Å². The molecule has 4 nitrogen and oxygen atoms in total. The van der Waals surface area contributed by atoms with Crippen LogP contribution in [0, 0.1) is 5.92 Å². The summed E-state index contributed by atoms with van der Waals surface area (Å²) in [5.74, 6) is -3.13. The monoisotopic (exact) mass is 317 g/mol. The normalized spacial score (nSPS) is 20.2. The molecule has 118 valence electrons. The first-order valence-corrected chi connectivity index (χ1v) is 8.17. The lowest BCUT2D eigenvalue weighted by molar-refractivity contribution is -0.124. The minimum absolute atomic E-state index is 0.130. The minimum atomic E-state index is -2.60. The molecule has 1 saturated carbocycles. The molecule has 1 aliphatic carbocycles. The zero-order valence-electron chi connectivity index (χ0n) is 12.3. The number of rotatable bonds is 5. The van der Waals surface area contributed by atoms with Gasteiger partial charge < -0.3 is 10.6 Å². The Labute approximate surface area is 127 Å². The molecule has 0 spiro atoms. The van der Waals surface area contributed by atoms with Crippen molar-refractivity contribution in [3.63, 3.8) is 0 Å². The summed E-state index contributed by atoms with van der Waals surface area (Å²) < 4.78 is 26.2. The third-order valence-corrected chi connectivity index (χ3v) is 4.57. The molecule has 21 heavy (non-hydrogen) atoms. The minimum Gasteiger partial charge on any atom is -0.309 e. The molecule has 1 unspecified atom stereocenters. The number of anilines is 1. The van der Waals surface area contributed by atoms with E-state index in [4.69, 9.17) is 0 Å². The molecule has 0 bridgehead atoms. The predicted molar refractivity (Wildman–Crippen MR) is 79.7 cm³/mol. The second-order valence-corrected chi connectivity index (χ2v) is 6.33. The highest BCUT2D eigenvalue weighted by atomic mass is 32.1. The second kappa shape index (κ2) is 6.79. The topological polar surface area (TPSA) is 54.0 Å². The number of nitrogens with zero attached hydrogens (tertiary/aromatic N) is 1. The molecule has 1 heterocycles. The Morgan fingerprint density at radius 1 is 1.52 bits per heavy atom. The fraction of sp³-hybridized carbons (Fsp3) is 0.714. The van der Waals surface area contributed by atoms with Gasteiger partial charge >= 0.3 is 0 Å². The zero-order chi connectivity index (χ0) is 15.5. The van der Waals surface area contributed by atoms with Crippen molar-refractivity contribution >= 4 is 22.4 Å². The van der Waals surface area contributed by atoms with Crippen molar-refractivity contribution in [3.05, 3.63) is 11.1 Å². The van der Waals surface area contributed by atoms with E-state index in [9.17, 15) is 13.6 Å². The number of alkyl halides is 2. The summed E-state index contributed by atoms with van der Waals surface area (Å²) in [5, 5.41) is 8.44. The molecule has 1 atom stereocenters. The van der Waals surface area contributed by atoms with Crippen LogP contribution in [0.15, 0.2) is 5.38 Å². The quantitative estimate of drug-likeness (QED) is 0.873. The number of nitrogens with one attached hydrogen (secondary N) is 2. The van der Waals surface area contributed by atoms with Crippen LogP contribution in [0.5, 0.6) is 0 Å². The van der Waals surface area contributed by atoms with Gasteiger partial charge in [0.05, 0.1) is 5.69 Å². The summed E-state index contributed by atoms with van der Waals surface area (Å²) >= 11 is 1.36. The molecule has 1 aromatic heterocycles. The summed E-state index contributed by atoms with van der Waals surface area (Å²) in [6, 6.07) is 0.130. The van der Waals surface area contributed by atoms with Gasteiger partial charge in [0.2, 0.25) is 11.8 Å². The summed E-state index contributed by atoms with van der Waals surface area (Å²) in [6.07, 6.45) is 0.0764. The average Bonchev–Trinajstić information content (AvgIpc) is 2.87. The van der Waals surface area contributed by atoms with Crippen LogP contribution in [-0.2, 0) is 4.79 Å². The van der Waals surface area contributed by atoms with E-state index in [0.29, 0.717) is 5.13 Å². The zero-order valence-corrected chi connectivity index (χ0v) is 13.1. The van der Waals surface area contributed by atoms with Gasteiger partial charge in [-0.3, -0.25) is 4.79 Å². The maximum Gasteiger partial charge on any atom is 0.248 e. The molecule has 2 rings (SSSR count). The molecule has 1 amide bonds. The van der Waals surface area contributed by atoms with E-state index in [0.717, 1.165) is 12.2 Å². The van der Waals surface area contributed by atoms with Crippen molar-refractivity contribution in [1.29, 1.82) is 0 Å². The Bertz CT molecular complexity index is 482. The SMILES string of the molecule is CCNC(C)c1csc(NC(=O)C2CCC(F)(F)CC2)n1. The highest BCUT2D eigenvalue weighted by molar-refractivity contribution is 7.13. The van der Waals surface area contributed by atoms with Gasteiger partial charge in [0.15, 0.2) is 5.13 Å². The number of aromatic nitrogens is 1. The third kappa shape index (κ3) is 4.44. The van der Waals surface area contributed by atoms with Gasteiger partial charge in [0, 0.05) is 30.2 Å². The van der Waals surface area contributed by atoms with Gasteiger partial charge in [-0.2, -0.15) is 0 Å². The van der Waals surface area contributed by atoms with Crippen molar-refractivity contribution in [1.82, 2.24) is 10.3 Å². The molecule has 0 radical (unpaired) electrons. The van der Waals surface area contributed by atoms with E-state index < -0.39 is 5.92 Å². The Balaban J connectivity index is 1.88. The molecule has 2 N–H and O–H groups in total. The van der Waals surface area contributed by atoms with Crippen molar-refractivity contribution in [2.45, 2.75) is 51.5 Å². The molecule has 0 saturated heterocycles. The van der Waals surface area contributed by atoms with Gasteiger partial charge in [0.25, 0.3) is 0 Å². The summed E-state index contributed by atoms with van der Waals surface area (Å²) in [5.41, 5.74) is 0.882. The van der Waals surface area contributed by atoms with Crippen LogP contribution in [0.2, 0.25) is 0 Å². The fourth-order valence-corrected chi connectivity index (χ4v) is 3.27. The lowest BCUT2D eigenvalue weighted by Crippen LogP contribution is -2.31. The van der Waals surface area contributed by atoms with Gasteiger partial charge in [-0.15, -0.1) is 11.3 Å². The first-order valence-electron chi connectivity index (χ1n) is 7.29. The van der Waals surface area contributed by atoms with Crippen molar-refractivity contribution in [2.24, 2.45) is 5.92 Å². The third-order valence-electron chi connectivity index (χ3n) is 3.79. The van der Waals surface area contributed by atoms with Gasteiger partial charge in [-0.25, -0.2) is 13.8 Å². The molecule has 7 heteroatoms. The van der Waals surface area contributed by atoms with Gasteiger partial charge in [-0.1, -0.05) is 6.92 Å². The number of hydrogen-bond acceptors (Lipinski definition) is 4. The number of amides is 1. The van der Waals surface area contributed by atoms with E-state index in [2.05, 4.69) is 15.6 Å². The van der Waals surface area contributed by atoms with Crippen LogP contribution >= 0.6 is 11.3 Å². The maximum absolute atomic E-state index is 13.1. The Morgan fingerprint density at radius 3 is 2.81 bits per heavy atom. The van der Waals surface area contributed by atoms with E-state index in [1.165, 1.54) is 11.3 Å². The van der Waals surface area contributed by atoms with E-state index >= 15 is 0 Å². The summed E-state index contributed by atoms with van der Waals surface area (Å²) in [7, 11) is 0. The second-order valence-electron chi connectivity index (χ2n) is 5.48. The first-order chi connectivity index (χ1) is 9.91. The highest BCUT2D eigenvalue weighted by Crippen LogP contribution is 2.36. The lowest BCUT2D eigenvalue weighted by atomic mass is 9.86. The van der Waals surface area contributed by atoms with E-state index in [-0.39, 0.29) is 43.6 Å². The number of hydrogen-bond donors (Lipinski definition) is 2. The summed E-state index contributed by atoms with van der Waals surface area (Å²) in [6.45, 7) is 4.87. The standard InChI is InChI=1S/C14H21F2N3OS/c1-3-17-9(2)11-8-21-13(18-11)19-12(20)10-4-6-14(15,16)7-5-10/h8-10,17H,3-7H2,1-2H3,(H,18,19,20). The van der Waals surface area contributed by atoms with Crippen LogP contribution in [0.25, 0.3) is 0 Å². The van der Waals surface area contributed by atoms with Crippen molar-refractivity contribution in [3.8, 4) is 0 Å². The smallest absolute Gasteiger partial charge is 0.248 e. The largest absolute Gasteiger partial charge is 0.309 e. The number of carbonyl (C=O) groups excluding carboxylic acids is 1. The summed E-state index contributed by atoms with van der Waals surface area (Å²) in [4.78, 5) is 16.4. The fourth-order valence-electron chi connectivity index (χ4n) is 2.46. The van der Waals surface area contributed by atoms with Gasteiger partial charge in [-0.05, 0) is 26.3 Å². The Hall–Kier alpha value is -1.08. The average molecular weight is 317 g/mol. The molecular formula is C14H21F2N3OS. The Morgan fingerprint density at radius 2 is 2.19 bits per heavy atom. The molecule has 0 aliphatic heterocycles. The lowest BCUT2D eigenvalue weighted by Gasteiger charge is -2.27. The van der Waals surface area contributed by atoms with Crippen LogP contribution in [0.1, 0.15) is 51.3 Å². The maximum atomic E-state index is 13.1. The van der Waals surface area contributed by atoms with Crippen molar-refractivity contribution in [2.75, 3.05) is 11.9 Å². The van der Waals surface area contributed by atoms with E-state index in [1.807, 2.05) is 19.2 Å². The van der Waals surface area contributed by atoms with Crippen molar-refractivity contribution < 1.29 is 13.6 Å².